The van der Waals surface area contributed by atoms with E-state index >= 15 is 0 Å². The average Bonchev–Trinajstić information content (AvgIpc) is 2.83. The zero-order valence-electron chi connectivity index (χ0n) is 9.87. The number of nitrogens with zero attached hydrogens (tertiary/aromatic N) is 2. The Balaban J connectivity index is 2.26. The van der Waals surface area contributed by atoms with Crippen LogP contribution in [-0.2, 0) is 0 Å². The molecule has 0 radical (unpaired) electrons. The van der Waals surface area contributed by atoms with Gasteiger partial charge in [0.15, 0.2) is 11.5 Å². The molecular weight excluding hydrogens is 228 g/mol. The zero-order chi connectivity index (χ0) is 12.5. The first-order valence-corrected chi connectivity index (χ1v) is 5.59. The third kappa shape index (κ3) is 1.50. The largest absolute Gasteiger partial charge is 0.503 e. The van der Waals surface area contributed by atoms with Crippen LogP contribution in [0, 0.1) is 0 Å². The van der Waals surface area contributed by atoms with Gasteiger partial charge in [-0.2, -0.15) is 0 Å². The highest BCUT2D eigenvalue weighted by Crippen LogP contribution is 2.33. The van der Waals surface area contributed by atoms with Gasteiger partial charge in [0.1, 0.15) is 6.33 Å². The summed E-state index contributed by atoms with van der Waals surface area (Å²) in [6.45, 7) is 0. The molecule has 3 rings (SSSR count). The summed E-state index contributed by atoms with van der Waals surface area (Å²) in [5.74, 6) is 0.563. The number of methoxy groups -OCH3 is 1. The molecule has 0 fully saturated rings. The molecule has 0 bridgehead atoms. The second-order valence-electron chi connectivity index (χ2n) is 3.93. The molecule has 2 aromatic carbocycles. The van der Waals surface area contributed by atoms with Gasteiger partial charge in [-0.3, -0.25) is 4.57 Å². The highest BCUT2D eigenvalue weighted by molar-refractivity contribution is 5.78. The van der Waals surface area contributed by atoms with Crippen molar-refractivity contribution in [1.82, 2.24) is 9.55 Å². The Morgan fingerprint density at radius 2 is 1.94 bits per heavy atom. The predicted molar refractivity (Wildman–Crippen MR) is 69.3 cm³/mol. The highest BCUT2D eigenvalue weighted by atomic mass is 16.5. The van der Waals surface area contributed by atoms with Crippen LogP contribution in [0.4, 0.5) is 0 Å². The van der Waals surface area contributed by atoms with Crippen LogP contribution in [-0.4, -0.2) is 21.8 Å². The Hall–Kier alpha value is -2.49. The van der Waals surface area contributed by atoms with E-state index in [9.17, 15) is 5.11 Å². The third-order valence-electron chi connectivity index (χ3n) is 2.91. The van der Waals surface area contributed by atoms with Gasteiger partial charge in [0, 0.05) is 0 Å². The fourth-order valence-corrected chi connectivity index (χ4v) is 2.02. The van der Waals surface area contributed by atoms with E-state index in [1.54, 1.807) is 12.4 Å². The fourth-order valence-electron chi connectivity index (χ4n) is 2.02. The summed E-state index contributed by atoms with van der Waals surface area (Å²) >= 11 is 0. The van der Waals surface area contributed by atoms with Crippen LogP contribution >= 0.6 is 0 Å². The first-order valence-electron chi connectivity index (χ1n) is 5.59. The maximum absolute atomic E-state index is 10.1. The standard InChI is InChI=1S/C14H12N2O2/c1-18-13-8-4-7-12(14(13)17)16-9-15-10-5-2-3-6-11(10)16/h2-9,17H,1H3. The molecule has 4 heteroatoms. The van der Waals surface area contributed by atoms with Crippen molar-refractivity contribution in [2.45, 2.75) is 0 Å². The van der Waals surface area contributed by atoms with Gasteiger partial charge in [-0.15, -0.1) is 0 Å². The van der Waals surface area contributed by atoms with Crippen LogP contribution in [0.3, 0.4) is 0 Å². The number of phenolic OH excluding ortho intramolecular Hbond substituents is 1. The van der Waals surface area contributed by atoms with Gasteiger partial charge in [0.25, 0.3) is 0 Å². The third-order valence-corrected chi connectivity index (χ3v) is 2.91. The van der Waals surface area contributed by atoms with Gasteiger partial charge in [-0.05, 0) is 24.3 Å². The number of aromatic hydroxyl groups is 1. The van der Waals surface area contributed by atoms with Crippen molar-refractivity contribution in [3.05, 3.63) is 48.8 Å². The zero-order valence-corrected chi connectivity index (χ0v) is 9.87. The van der Waals surface area contributed by atoms with Crippen LogP contribution in [0.15, 0.2) is 48.8 Å². The topological polar surface area (TPSA) is 47.3 Å². The molecule has 3 aromatic rings. The second-order valence-corrected chi connectivity index (χ2v) is 3.93. The lowest BCUT2D eigenvalue weighted by Gasteiger charge is -2.10. The SMILES string of the molecule is COc1cccc(-n2cnc3ccccc32)c1O. The molecule has 0 atom stereocenters. The summed E-state index contributed by atoms with van der Waals surface area (Å²) in [7, 11) is 1.53. The molecule has 4 nitrogen and oxygen atoms in total. The van der Waals surface area contributed by atoms with E-state index in [0.29, 0.717) is 11.4 Å². The molecule has 1 aromatic heterocycles. The molecule has 1 N–H and O–H groups in total. The van der Waals surface area contributed by atoms with E-state index in [0.717, 1.165) is 11.0 Å². The summed E-state index contributed by atoms with van der Waals surface area (Å²) in [5, 5.41) is 10.1. The predicted octanol–water partition coefficient (Wildman–Crippen LogP) is 2.74. The van der Waals surface area contributed by atoms with Crippen molar-refractivity contribution in [1.29, 1.82) is 0 Å². The number of para-hydroxylation sites is 3. The summed E-state index contributed by atoms with van der Waals surface area (Å²) < 4.78 is 6.95. The van der Waals surface area contributed by atoms with E-state index in [2.05, 4.69) is 4.98 Å². The van der Waals surface area contributed by atoms with Crippen LogP contribution in [0.2, 0.25) is 0 Å². The van der Waals surface area contributed by atoms with Crippen molar-refractivity contribution in [2.75, 3.05) is 7.11 Å². The molecule has 0 spiro atoms. The maximum Gasteiger partial charge on any atom is 0.182 e. The summed E-state index contributed by atoms with van der Waals surface area (Å²) in [5.41, 5.74) is 2.49. The quantitative estimate of drug-likeness (QED) is 0.749. The maximum atomic E-state index is 10.1. The summed E-state index contributed by atoms with van der Waals surface area (Å²) in [4.78, 5) is 4.30. The number of benzene rings is 2. The number of rotatable bonds is 2. The molecule has 90 valence electrons. The van der Waals surface area contributed by atoms with Crippen LogP contribution in [0.25, 0.3) is 16.7 Å². The van der Waals surface area contributed by atoms with Crippen molar-refractivity contribution in [2.24, 2.45) is 0 Å². The van der Waals surface area contributed by atoms with Crippen molar-refractivity contribution < 1.29 is 9.84 Å². The molecule has 1 heterocycles. The highest BCUT2D eigenvalue weighted by Gasteiger charge is 2.11. The second kappa shape index (κ2) is 4.07. The lowest BCUT2D eigenvalue weighted by Crippen LogP contribution is -1.94. The van der Waals surface area contributed by atoms with Crippen molar-refractivity contribution >= 4 is 11.0 Å². The number of imidazole rings is 1. The molecule has 0 saturated carbocycles. The lowest BCUT2D eigenvalue weighted by molar-refractivity contribution is 0.372. The van der Waals surface area contributed by atoms with E-state index < -0.39 is 0 Å². The molecular formula is C14H12N2O2. The van der Waals surface area contributed by atoms with Gasteiger partial charge >= 0.3 is 0 Å². The lowest BCUT2D eigenvalue weighted by atomic mass is 10.2. The van der Waals surface area contributed by atoms with E-state index in [1.807, 2.05) is 41.0 Å². The minimum atomic E-state index is 0.114. The van der Waals surface area contributed by atoms with Gasteiger partial charge in [0.05, 0.1) is 23.8 Å². The molecule has 18 heavy (non-hydrogen) atoms. The Kier molecular flexibility index (Phi) is 2.41. The number of phenols is 1. The van der Waals surface area contributed by atoms with Gasteiger partial charge in [-0.25, -0.2) is 4.98 Å². The van der Waals surface area contributed by atoms with Gasteiger partial charge in [-0.1, -0.05) is 18.2 Å². The van der Waals surface area contributed by atoms with Crippen molar-refractivity contribution in [3.63, 3.8) is 0 Å². The first-order chi connectivity index (χ1) is 8.81. The Labute approximate surface area is 104 Å². The van der Waals surface area contributed by atoms with Crippen LogP contribution < -0.4 is 4.74 Å². The van der Waals surface area contributed by atoms with E-state index in [-0.39, 0.29) is 5.75 Å². The van der Waals surface area contributed by atoms with Gasteiger partial charge < -0.3 is 9.84 Å². The molecule has 0 aliphatic heterocycles. The smallest absolute Gasteiger partial charge is 0.182 e. The van der Waals surface area contributed by atoms with E-state index in [1.165, 1.54) is 7.11 Å². The first kappa shape index (κ1) is 10.7. The monoisotopic (exact) mass is 240 g/mol. The normalized spacial score (nSPS) is 10.7. The van der Waals surface area contributed by atoms with Crippen LogP contribution in [0.1, 0.15) is 0 Å². The number of hydrogen-bond acceptors (Lipinski definition) is 3. The fraction of sp³-hybridized carbons (Fsp3) is 0.0714. The average molecular weight is 240 g/mol. The molecule has 0 unspecified atom stereocenters. The number of fused-ring (bicyclic) bond motifs is 1. The minimum Gasteiger partial charge on any atom is -0.503 e. The Bertz CT molecular complexity index is 704. The molecule has 0 amide bonds. The van der Waals surface area contributed by atoms with E-state index in [4.69, 9.17) is 4.74 Å². The molecule has 0 aliphatic carbocycles. The molecule has 0 saturated heterocycles. The summed E-state index contributed by atoms with van der Waals surface area (Å²) in [6, 6.07) is 13.2. The Morgan fingerprint density at radius 1 is 1.11 bits per heavy atom. The van der Waals surface area contributed by atoms with Crippen LogP contribution in [0.5, 0.6) is 11.5 Å². The molecule has 0 aliphatic rings. The number of hydrogen-bond donors (Lipinski definition) is 1. The Morgan fingerprint density at radius 3 is 2.78 bits per heavy atom. The van der Waals surface area contributed by atoms with Gasteiger partial charge in [0.2, 0.25) is 0 Å². The summed E-state index contributed by atoms with van der Waals surface area (Å²) in [6.07, 6.45) is 1.69. The number of aromatic nitrogens is 2. The van der Waals surface area contributed by atoms with Crippen molar-refractivity contribution in [3.8, 4) is 17.2 Å². The minimum absolute atomic E-state index is 0.114. The number of ether oxygens (including phenoxy) is 1.